The second-order valence-corrected chi connectivity index (χ2v) is 7.88. The summed E-state index contributed by atoms with van der Waals surface area (Å²) in [5.41, 5.74) is 7.54. The second-order valence-electron chi connectivity index (χ2n) is 5.59. The highest BCUT2D eigenvalue weighted by atomic mass is 79.9. The number of halogens is 2. The van der Waals surface area contributed by atoms with Crippen molar-refractivity contribution in [1.82, 2.24) is 4.98 Å². The summed E-state index contributed by atoms with van der Waals surface area (Å²) in [6.45, 7) is 0.724. The Morgan fingerprint density at radius 3 is 3.07 bits per heavy atom. The summed E-state index contributed by atoms with van der Waals surface area (Å²) in [5.74, 6) is 0.789. The van der Waals surface area contributed by atoms with Crippen LogP contribution >= 0.6 is 38.9 Å². The Kier molecular flexibility index (Phi) is 6.34. The number of nitrogens with one attached hydrogen (secondary N) is 1. The average Bonchev–Trinajstić information content (AvgIpc) is 3.27. The Bertz CT molecular complexity index is 986. The predicted molar refractivity (Wildman–Crippen MR) is 107 cm³/mol. The minimum absolute atomic E-state index is 0.228. The highest BCUT2D eigenvalue weighted by Crippen LogP contribution is 2.40. The first-order chi connectivity index (χ1) is 13.0. The molecule has 27 heavy (non-hydrogen) atoms. The highest BCUT2D eigenvalue weighted by molar-refractivity contribution is 9.10. The number of thiophene rings is 1. The molecule has 2 atom stereocenters. The number of aromatic nitrogens is 1. The van der Waals surface area contributed by atoms with Gasteiger partial charge < -0.3 is 20.2 Å². The first-order valence-corrected chi connectivity index (χ1v) is 9.80. The number of nitriles is 1. The number of hydrogen-bond donors (Lipinski definition) is 2. The zero-order valence-electron chi connectivity index (χ0n) is 13.8. The van der Waals surface area contributed by atoms with Crippen LogP contribution in [0, 0.1) is 11.3 Å². The number of rotatable bonds is 8. The molecule has 3 N–H and O–H groups in total. The number of pyridine rings is 1. The molecule has 1 unspecified atom stereocenters. The lowest BCUT2D eigenvalue weighted by Gasteiger charge is -2.14. The largest absolute Gasteiger partial charge is 0.467 e. The normalized spacial score (nSPS) is 13.1. The molecule has 3 aromatic heterocycles. The molecule has 0 aliphatic carbocycles. The van der Waals surface area contributed by atoms with E-state index in [1.54, 1.807) is 12.3 Å². The fourth-order valence-electron chi connectivity index (χ4n) is 2.52. The molecule has 0 saturated carbocycles. The van der Waals surface area contributed by atoms with Crippen molar-refractivity contribution >= 4 is 61.2 Å². The van der Waals surface area contributed by atoms with Gasteiger partial charge in [0.25, 0.3) is 6.47 Å². The van der Waals surface area contributed by atoms with Crippen molar-refractivity contribution in [3.63, 3.8) is 0 Å². The van der Waals surface area contributed by atoms with Crippen molar-refractivity contribution in [1.29, 1.82) is 5.26 Å². The second kappa shape index (κ2) is 8.71. The molecule has 0 fully saturated rings. The van der Waals surface area contributed by atoms with Crippen LogP contribution in [-0.2, 0) is 22.5 Å². The first kappa shape index (κ1) is 19.6. The molecule has 140 valence electrons. The van der Waals surface area contributed by atoms with Gasteiger partial charge in [0, 0.05) is 17.4 Å². The number of carbonyl (C=O) groups excluding carboxylic acids is 1. The summed E-state index contributed by atoms with van der Waals surface area (Å²) in [4.78, 5) is 15.8. The molecule has 0 spiro atoms. The molecule has 3 heterocycles. The monoisotopic (exact) mass is 468 g/mol. The number of anilines is 1. The van der Waals surface area contributed by atoms with Crippen LogP contribution in [0.4, 0.5) is 5.69 Å². The Hall–Kier alpha value is -2.12. The fourth-order valence-corrected chi connectivity index (χ4v) is 4.73. The van der Waals surface area contributed by atoms with Gasteiger partial charge in [0.15, 0.2) is 0 Å². The lowest BCUT2D eigenvalue weighted by atomic mass is 10.1. The summed E-state index contributed by atoms with van der Waals surface area (Å²) >= 11 is 11.2. The summed E-state index contributed by atoms with van der Waals surface area (Å²) in [6, 6.07) is 6.65. The van der Waals surface area contributed by atoms with Gasteiger partial charge in [-0.1, -0.05) is 11.6 Å². The minimum atomic E-state index is -1.02. The van der Waals surface area contributed by atoms with Crippen LogP contribution in [0.2, 0.25) is 5.15 Å². The molecule has 0 radical (unpaired) electrons. The van der Waals surface area contributed by atoms with Crippen molar-refractivity contribution in [2.45, 2.75) is 25.1 Å². The molecule has 0 bridgehead atoms. The lowest BCUT2D eigenvalue weighted by Crippen LogP contribution is -2.37. The van der Waals surface area contributed by atoms with E-state index in [1.165, 1.54) is 11.3 Å². The standard InChI is InChI=1S/C17H14BrClN4O3S/c18-15-13(4-10(21)12(6-20)26-8-24)27-17-11(5-14(19)23-16(15)17)22-7-9-2-1-3-25-9/h1-3,5,8,10,12H,4,7,21H2,(H,22,23)/t10-,12?/m0/s1. The van der Waals surface area contributed by atoms with Crippen LogP contribution in [-0.4, -0.2) is 23.6 Å². The molecule has 7 nitrogen and oxygen atoms in total. The molecule has 3 aromatic rings. The Morgan fingerprint density at radius 1 is 1.59 bits per heavy atom. The van der Waals surface area contributed by atoms with E-state index in [0.717, 1.165) is 25.5 Å². The van der Waals surface area contributed by atoms with Crippen LogP contribution in [0.5, 0.6) is 0 Å². The van der Waals surface area contributed by atoms with Gasteiger partial charge in [-0.25, -0.2) is 4.98 Å². The Labute approximate surface area is 172 Å². The van der Waals surface area contributed by atoms with Crippen molar-refractivity contribution in [2.24, 2.45) is 5.73 Å². The molecule has 0 amide bonds. The molecule has 3 rings (SSSR count). The van der Waals surface area contributed by atoms with Gasteiger partial charge in [-0.15, -0.1) is 11.3 Å². The van der Waals surface area contributed by atoms with E-state index in [4.69, 9.17) is 31.8 Å². The lowest BCUT2D eigenvalue weighted by molar-refractivity contribution is -0.132. The summed E-state index contributed by atoms with van der Waals surface area (Å²) in [6.07, 6.45) is 0.927. The Morgan fingerprint density at radius 2 is 2.41 bits per heavy atom. The summed E-state index contributed by atoms with van der Waals surface area (Å²) < 4.78 is 11.7. The van der Waals surface area contributed by atoms with Crippen molar-refractivity contribution in [3.8, 4) is 6.07 Å². The van der Waals surface area contributed by atoms with Gasteiger partial charge in [0.1, 0.15) is 17.0 Å². The number of fused-ring (bicyclic) bond motifs is 1. The van der Waals surface area contributed by atoms with E-state index < -0.39 is 12.1 Å². The predicted octanol–water partition coefficient (Wildman–Crippen LogP) is 3.85. The number of ether oxygens (including phenoxy) is 1. The maximum Gasteiger partial charge on any atom is 0.294 e. The maximum atomic E-state index is 10.5. The number of furan rings is 1. The van der Waals surface area contributed by atoms with Gasteiger partial charge >= 0.3 is 0 Å². The third-order valence-corrected chi connectivity index (χ3v) is 6.34. The first-order valence-electron chi connectivity index (χ1n) is 7.81. The van der Waals surface area contributed by atoms with Crippen LogP contribution in [0.3, 0.4) is 0 Å². The number of nitrogens with zero attached hydrogens (tertiary/aromatic N) is 2. The molecular formula is C17H14BrClN4O3S. The van der Waals surface area contributed by atoms with Crippen molar-refractivity contribution in [3.05, 3.63) is 44.7 Å². The van der Waals surface area contributed by atoms with Gasteiger partial charge in [-0.3, -0.25) is 4.79 Å². The van der Waals surface area contributed by atoms with Crippen LogP contribution in [0.25, 0.3) is 10.2 Å². The summed E-state index contributed by atoms with van der Waals surface area (Å²) in [7, 11) is 0. The maximum absolute atomic E-state index is 10.5. The molecular weight excluding hydrogens is 456 g/mol. The van der Waals surface area contributed by atoms with E-state index in [1.807, 2.05) is 18.2 Å². The van der Waals surface area contributed by atoms with Crippen molar-refractivity contribution < 1.29 is 13.9 Å². The van der Waals surface area contributed by atoms with Crippen molar-refractivity contribution in [2.75, 3.05) is 5.32 Å². The molecule has 10 heteroatoms. The van der Waals surface area contributed by atoms with E-state index in [-0.39, 0.29) is 6.47 Å². The van der Waals surface area contributed by atoms with Gasteiger partial charge in [-0.05, 0) is 28.1 Å². The zero-order chi connectivity index (χ0) is 19.4. The van der Waals surface area contributed by atoms with E-state index in [0.29, 0.717) is 23.6 Å². The quantitative estimate of drug-likeness (QED) is 0.380. The average molecular weight is 470 g/mol. The Balaban J connectivity index is 1.89. The topological polar surface area (TPSA) is 114 Å². The van der Waals surface area contributed by atoms with E-state index >= 15 is 0 Å². The van der Waals surface area contributed by atoms with Crippen LogP contribution < -0.4 is 11.1 Å². The van der Waals surface area contributed by atoms with E-state index in [2.05, 4.69) is 26.2 Å². The highest BCUT2D eigenvalue weighted by Gasteiger charge is 2.23. The van der Waals surface area contributed by atoms with Gasteiger partial charge in [-0.2, -0.15) is 5.26 Å². The zero-order valence-corrected chi connectivity index (χ0v) is 17.0. The number of carbonyl (C=O) groups is 1. The smallest absolute Gasteiger partial charge is 0.294 e. The molecule has 0 saturated heterocycles. The molecule has 0 aliphatic rings. The SMILES string of the molecule is N#CC(OC=O)[C@@H](N)Cc1sc2c(NCc3ccco3)cc(Cl)nc2c1Br. The van der Waals surface area contributed by atoms with E-state index in [9.17, 15) is 4.79 Å². The van der Waals surface area contributed by atoms with Crippen LogP contribution in [0.1, 0.15) is 10.6 Å². The summed E-state index contributed by atoms with van der Waals surface area (Å²) in [5, 5.41) is 12.7. The number of nitrogens with two attached hydrogens (primary N) is 1. The van der Waals surface area contributed by atoms with Crippen LogP contribution in [0.15, 0.2) is 33.4 Å². The molecule has 0 aromatic carbocycles. The third kappa shape index (κ3) is 4.42. The van der Waals surface area contributed by atoms with Gasteiger partial charge in [0.2, 0.25) is 6.10 Å². The van der Waals surface area contributed by atoms with Gasteiger partial charge in [0.05, 0.1) is 39.2 Å². The molecule has 0 aliphatic heterocycles. The fraction of sp³-hybridized carbons (Fsp3) is 0.235. The number of hydrogen-bond acceptors (Lipinski definition) is 8. The minimum Gasteiger partial charge on any atom is -0.467 e. The third-order valence-electron chi connectivity index (χ3n) is 3.79.